The minimum atomic E-state index is -0.332. The minimum absolute atomic E-state index is 0.0967. The minimum Gasteiger partial charge on any atom is -0.497 e. The van der Waals surface area contributed by atoms with Crippen molar-refractivity contribution in [1.82, 2.24) is 9.47 Å². The molecule has 0 aliphatic carbocycles. The van der Waals surface area contributed by atoms with Crippen molar-refractivity contribution in [3.63, 3.8) is 0 Å². The Kier molecular flexibility index (Phi) is 4.09. The van der Waals surface area contributed by atoms with Gasteiger partial charge in [0.1, 0.15) is 11.3 Å². The van der Waals surface area contributed by atoms with Gasteiger partial charge in [-0.1, -0.05) is 6.07 Å². The van der Waals surface area contributed by atoms with Gasteiger partial charge in [-0.15, -0.1) is 0 Å². The third kappa shape index (κ3) is 2.94. The number of piperidine rings is 1. The van der Waals surface area contributed by atoms with Gasteiger partial charge in [0, 0.05) is 55.3 Å². The molecule has 6 nitrogen and oxygen atoms in total. The lowest BCUT2D eigenvalue weighted by atomic mass is 9.83. The summed E-state index contributed by atoms with van der Waals surface area (Å²) in [4.78, 5) is 26.6. The van der Waals surface area contributed by atoms with E-state index in [4.69, 9.17) is 9.15 Å². The van der Waals surface area contributed by atoms with Crippen molar-refractivity contribution in [2.45, 2.75) is 25.4 Å². The SMILES string of the molecule is COc1ccc2oc(=O)cc(CN3C[C@@H]4C[C@@H](C3)c3cccc(=O)n3C4)c2c1. The molecule has 0 saturated carbocycles. The highest BCUT2D eigenvalue weighted by atomic mass is 16.5. The number of pyridine rings is 1. The summed E-state index contributed by atoms with van der Waals surface area (Å²) < 4.78 is 12.6. The van der Waals surface area contributed by atoms with Crippen molar-refractivity contribution >= 4 is 11.0 Å². The Hall–Kier alpha value is -2.86. The summed E-state index contributed by atoms with van der Waals surface area (Å²) in [6.07, 6.45) is 1.12. The second-order valence-corrected chi connectivity index (χ2v) is 7.84. The molecule has 2 bridgehead atoms. The predicted octanol–water partition coefficient (Wildman–Crippen LogP) is 2.58. The van der Waals surface area contributed by atoms with E-state index in [0.29, 0.717) is 24.0 Å². The molecule has 6 heteroatoms. The molecule has 2 atom stereocenters. The van der Waals surface area contributed by atoms with Crippen molar-refractivity contribution in [1.29, 1.82) is 0 Å². The normalized spacial score (nSPS) is 21.5. The summed E-state index contributed by atoms with van der Waals surface area (Å²) in [5.41, 5.74) is 2.43. The molecule has 0 radical (unpaired) electrons. The van der Waals surface area contributed by atoms with Crippen molar-refractivity contribution in [3.05, 3.63) is 74.5 Å². The Morgan fingerprint density at radius 2 is 2.00 bits per heavy atom. The van der Waals surface area contributed by atoms with E-state index in [2.05, 4.69) is 11.0 Å². The molecular formula is C22H22N2O4. The van der Waals surface area contributed by atoms with Gasteiger partial charge < -0.3 is 13.7 Å². The number of nitrogens with zero attached hydrogens (tertiary/aromatic N) is 2. The zero-order valence-corrected chi connectivity index (χ0v) is 15.8. The summed E-state index contributed by atoms with van der Waals surface area (Å²) in [6.45, 7) is 3.25. The van der Waals surface area contributed by atoms with E-state index in [1.165, 1.54) is 0 Å². The number of likely N-dealkylation sites (tertiary alicyclic amines) is 1. The molecule has 28 heavy (non-hydrogen) atoms. The summed E-state index contributed by atoms with van der Waals surface area (Å²) in [6, 6.07) is 12.7. The average Bonchev–Trinajstić information content (AvgIpc) is 2.68. The van der Waals surface area contributed by atoms with Crippen LogP contribution in [-0.2, 0) is 13.1 Å². The third-order valence-electron chi connectivity index (χ3n) is 5.98. The zero-order valence-electron chi connectivity index (χ0n) is 15.8. The highest BCUT2D eigenvalue weighted by molar-refractivity contribution is 5.81. The molecule has 144 valence electrons. The highest BCUT2D eigenvalue weighted by Gasteiger charge is 2.34. The van der Waals surface area contributed by atoms with E-state index < -0.39 is 0 Å². The van der Waals surface area contributed by atoms with E-state index in [1.807, 2.05) is 16.7 Å². The van der Waals surface area contributed by atoms with Gasteiger partial charge in [0.15, 0.2) is 0 Å². The van der Waals surface area contributed by atoms with Gasteiger partial charge in [-0.25, -0.2) is 4.79 Å². The first-order chi connectivity index (χ1) is 13.6. The maximum Gasteiger partial charge on any atom is 0.336 e. The predicted molar refractivity (Wildman–Crippen MR) is 106 cm³/mol. The molecule has 5 rings (SSSR count). The van der Waals surface area contributed by atoms with Crippen LogP contribution in [0.1, 0.15) is 23.6 Å². The fourth-order valence-corrected chi connectivity index (χ4v) is 4.83. The molecule has 1 fully saturated rings. The monoisotopic (exact) mass is 378 g/mol. The molecule has 2 aromatic heterocycles. The van der Waals surface area contributed by atoms with Crippen LogP contribution in [0.5, 0.6) is 5.75 Å². The molecule has 3 aromatic rings. The Bertz CT molecular complexity index is 1160. The van der Waals surface area contributed by atoms with Crippen LogP contribution in [0, 0.1) is 5.92 Å². The van der Waals surface area contributed by atoms with Gasteiger partial charge in [-0.3, -0.25) is 9.69 Å². The Morgan fingerprint density at radius 3 is 2.86 bits per heavy atom. The van der Waals surface area contributed by atoms with Crippen LogP contribution in [0.4, 0.5) is 0 Å². The summed E-state index contributed by atoms with van der Waals surface area (Å²) in [5.74, 6) is 1.54. The number of fused-ring (bicyclic) bond motifs is 5. The van der Waals surface area contributed by atoms with Crippen molar-refractivity contribution in [3.8, 4) is 5.75 Å². The summed E-state index contributed by atoms with van der Waals surface area (Å²) >= 11 is 0. The maximum absolute atomic E-state index is 12.2. The standard InChI is InChI=1S/C22H22N2O4/c1-27-17-5-6-20-18(9-17)15(8-22(26)28-20)12-23-10-14-7-16(13-23)19-3-2-4-21(25)24(19)11-14/h2-6,8-9,14,16H,7,10-13H2,1H3/t14-,16-/m0/s1. The van der Waals surface area contributed by atoms with Gasteiger partial charge in [0.05, 0.1) is 7.11 Å². The maximum atomic E-state index is 12.2. The number of hydrogen-bond donors (Lipinski definition) is 0. The quantitative estimate of drug-likeness (QED) is 0.656. The van der Waals surface area contributed by atoms with Crippen LogP contribution in [-0.4, -0.2) is 29.7 Å². The van der Waals surface area contributed by atoms with Crippen molar-refractivity contribution in [2.24, 2.45) is 5.92 Å². The van der Waals surface area contributed by atoms with Crippen LogP contribution >= 0.6 is 0 Å². The molecule has 2 aliphatic rings. The number of hydrogen-bond acceptors (Lipinski definition) is 5. The Labute approximate surface area is 162 Å². The number of aromatic nitrogens is 1. The van der Waals surface area contributed by atoms with Gasteiger partial charge in [-0.05, 0) is 42.2 Å². The molecule has 0 unspecified atom stereocenters. The average molecular weight is 378 g/mol. The van der Waals surface area contributed by atoms with Gasteiger partial charge in [-0.2, -0.15) is 0 Å². The second kappa shape index (κ2) is 6.63. The van der Waals surface area contributed by atoms with E-state index >= 15 is 0 Å². The molecule has 0 N–H and O–H groups in total. The van der Waals surface area contributed by atoms with E-state index in [1.54, 1.807) is 31.4 Å². The molecular weight excluding hydrogens is 356 g/mol. The van der Waals surface area contributed by atoms with Gasteiger partial charge >= 0.3 is 5.63 Å². The number of benzene rings is 1. The molecule has 1 aromatic carbocycles. The Balaban J connectivity index is 1.48. The van der Waals surface area contributed by atoms with Crippen LogP contribution in [0.15, 0.2) is 56.5 Å². The lowest BCUT2D eigenvalue weighted by Crippen LogP contribution is -2.46. The lowest BCUT2D eigenvalue weighted by molar-refractivity contribution is 0.114. The van der Waals surface area contributed by atoms with Crippen molar-refractivity contribution in [2.75, 3.05) is 20.2 Å². The van der Waals surface area contributed by atoms with E-state index in [-0.39, 0.29) is 11.2 Å². The summed E-state index contributed by atoms with van der Waals surface area (Å²) in [5, 5.41) is 0.909. The fourth-order valence-electron chi connectivity index (χ4n) is 4.83. The Morgan fingerprint density at radius 1 is 1.11 bits per heavy atom. The molecule has 1 saturated heterocycles. The van der Waals surface area contributed by atoms with Crippen LogP contribution in [0.25, 0.3) is 11.0 Å². The topological polar surface area (TPSA) is 64.7 Å². The fraction of sp³-hybridized carbons (Fsp3) is 0.364. The molecule has 0 amide bonds. The second-order valence-electron chi connectivity index (χ2n) is 7.84. The number of methoxy groups -OCH3 is 1. The smallest absolute Gasteiger partial charge is 0.336 e. The van der Waals surface area contributed by atoms with E-state index in [0.717, 1.165) is 48.4 Å². The van der Waals surface area contributed by atoms with Crippen LogP contribution < -0.4 is 15.9 Å². The molecule has 0 spiro atoms. The number of ether oxygens (including phenoxy) is 1. The highest BCUT2D eigenvalue weighted by Crippen LogP contribution is 2.36. The first-order valence-electron chi connectivity index (χ1n) is 9.63. The van der Waals surface area contributed by atoms with E-state index in [9.17, 15) is 9.59 Å². The largest absolute Gasteiger partial charge is 0.497 e. The van der Waals surface area contributed by atoms with Crippen LogP contribution in [0.2, 0.25) is 0 Å². The van der Waals surface area contributed by atoms with Crippen LogP contribution in [0.3, 0.4) is 0 Å². The zero-order chi connectivity index (χ0) is 19.3. The molecule has 2 aliphatic heterocycles. The molecule has 4 heterocycles. The number of rotatable bonds is 3. The summed E-state index contributed by atoms with van der Waals surface area (Å²) in [7, 11) is 1.63. The third-order valence-corrected chi connectivity index (χ3v) is 5.98. The lowest BCUT2D eigenvalue weighted by Gasteiger charge is -2.42. The first-order valence-corrected chi connectivity index (χ1v) is 9.63. The van der Waals surface area contributed by atoms with Crippen molar-refractivity contribution < 1.29 is 9.15 Å². The van der Waals surface area contributed by atoms with Gasteiger partial charge in [0.2, 0.25) is 0 Å². The van der Waals surface area contributed by atoms with Gasteiger partial charge in [0.25, 0.3) is 5.56 Å². The first kappa shape index (κ1) is 17.3.